The second-order valence-corrected chi connectivity index (χ2v) is 12.4. The van der Waals surface area contributed by atoms with Crippen LogP contribution in [0, 0.1) is 22.7 Å². The van der Waals surface area contributed by atoms with E-state index in [0.717, 1.165) is 88.1 Å². The highest BCUT2D eigenvalue weighted by Crippen LogP contribution is 2.40. The first-order chi connectivity index (χ1) is 24.2. The molecular weight excluding hydrogens is 601 g/mol. The van der Waals surface area contributed by atoms with Gasteiger partial charge >= 0.3 is 0 Å². The average molecular weight is 625 g/mol. The normalized spacial score (nSPS) is 11.6. The van der Waals surface area contributed by atoms with Crippen molar-refractivity contribution in [3.8, 4) is 34.6 Å². The maximum atomic E-state index is 10.5. The fourth-order valence-electron chi connectivity index (χ4n) is 7.66. The van der Waals surface area contributed by atoms with Crippen molar-refractivity contribution in [1.82, 2.24) is 9.13 Å². The number of hydrogen-bond donors (Lipinski definition) is 0. The number of nitrogens with zero attached hydrogens (tertiary/aromatic N) is 4. The molecule has 0 aliphatic carbocycles. The zero-order chi connectivity index (χ0) is 32.6. The SMILES string of the molecule is N#Cc1cc(-n2c3ccccc3c3ccccc32)ccc1-c1ccc(-n2c3ccccc3c3cc4c(cc32)oc2ccccc24)cc1C#N. The lowest BCUT2D eigenvalue weighted by Crippen LogP contribution is -1.98. The monoisotopic (exact) mass is 624 g/mol. The highest BCUT2D eigenvalue weighted by molar-refractivity contribution is 6.17. The molecule has 0 N–H and O–H groups in total. The number of benzene rings is 7. The molecule has 0 saturated heterocycles. The van der Waals surface area contributed by atoms with Crippen molar-refractivity contribution < 1.29 is 4.42 Å². The van der Waals surface area contributed by atoms with Crippen LogP contribution in [0.5, 0.6) is 0 Å². The minimum Gasteiger partial charge on any atom is -0.456 e. The molecule has 10 rings (SSSR count). The van der Waals surface area contributed by atoms with Crippen LogP contribution in [-0.4, -0.2) is 9.13 Å². The van der Waals surface area contributed by atoms with Gasteiger partial charge in [-0.2, -0.15) is 10.5 Å². The van der Waals surface area contributed by atoms with Crippen LogP contribution in [0.4, 0.5) is 0 Å². The van der Waals surface area contributed by atoms with E-state index < -0.39 is 0 Å². The molecule has 0 radical (unpaired) electrons. The van der Waals surface area contributed by atoms with E-state index in [9.17, 15) is 10.5 Å². The molecule has 5 heteroatoms. The second kappa shape index (κ2) is 10.2. The van der Waals surface area contributed by atoms with Crippen molar-refractivity contribution in [2.45, 2.75) is 0 Å². The largest absolute Gasteiger partial charge is 0.456 e. The van der Waals surface area contributed by atoms with E-state index in [1.54, 1.807) is 0 Å². The first-order valence-corrected chi connectivity index (χ1v) is 16.1. The van der Waals surface area contributed by atoms with Crippen molar-refractivity contribution in [3.05, 3.63) is 157 Å². The molecule has 0 saturated carbocycles. The standard InChI is InChI=1S/C44H24N4O/c45-25-27-21-29(47-39-13-5-1-9-33(39)34-10-2-6-14-40(34)47)17-19-31(27)32-20-18-30(22-28(32)26-46)48-41-15-7-3-11-35(41)37-23-38-36-12-4-8-16-43(36)49-44(38)24-42(37)48/h1-24H. The molecular formula is C44H24N4O. The molecule has 0 amide bonds. The molecule has 0 spiro atoms. The van der Waals surface area contributed by atoms with Gasteiger partial charge in [-0.05, 0) is 54.6 Å². The Balaban J connectivity index is 1.15. The van der Waals surface area contributed by atoms with E-state index >= 15 is 0 Å². The molecule has 226 valence electrons. The third-order valence-corrected chi connectivity index (χ3v) is 9.80. The van der Waals surface area contributed by atoms with Gasteiger partial charge in [0.15, 0.2) is 0 Å². The van der Waals surface area contributed by atoms with Crippen LogP contribution in [0.1, 0.15) is 11.1 Å². The lowest BCUT2D eigenvalue weighted by atomic mass is 9.95. The third-order valence-electron chi connectivity index (χ3n) is 9.80. The molecule has 0 bridgehead atoms. The summed E-state index contributed by atoms with van der Waals surface area (Å²) in [5, 5.41) is 27.6. The lowest BCUT2D eigenvalue weighted by molar-refractivity contribution is 0.669. The summed E-state index contributed by atoms with van der Waals surface area (Å²) in [4.78, 5) is 0. The van der Waals surface area contributed by atoms with Gasteiger partial charge in [-0.1, -0.05) is 84.9 Å². The van der Waals surface area contributed by atoms with Crippen LogP contribution in [0.15, 0.2) is 150 Å². The molecule has 3 aromatic heterocycles. The van der Waals surface area contributed by atoms with Crippen LogP contribution in [0.2, 0.25) is 0 Å². The minimum atomic E-state index is 0.495. The average Bonchev–Trinajstić information content (AvgIpc) is 3.80. The Bertz CT molecular complexity index is 3030. The van der Waals surface area contributed by atoms with E-state index in [0.29, 0.717) is 11.1 Å². The first-order valence-electron chi connectivity index (χ1n) is 16.1. The number of rotatable bonds is 3. The quantitative estimate of drug-likeness (QED) is 0.196. The summed E-state index contributed by atoms with van der Waals surface area (Å²) in [6.07, 6.45) is 0. The Hall–Kier alpha value is -7.08. The van der Waals surface area contributed by atoms with Crippen LogP contribution >= 0.6 is 0 Å². The summed E-state index contributed by atoms with van der Waals surface area (Å²) in [5.41, 5.74) is 10.1. The topological polar surface area (TPSA) is 70.6 Å². The summed E-state index contributed by atoms with van der Waals surface area (Å²) in [5.74, 6) is 0. The Morgan fingerprint density at radius 2 is 0.857 bits per heavy atom. The minimum absolute atomic E-state index is 0.495. The maximum absolute atomic E-state index is 10.5. The Labute approximate surface area is 280 Å². The van der Waals surface area contributed by atoms with Gasteiger partial charge in [0.1, 0.15) is 11.2 Å². The number of para-hydroxylation sites is 4. The molecule has 5 nitrogen and oxygen atoms in total. The molecule has 0 unspecified atom stereocenters. The fraction of sp³-hybridized carbons (Fsp3) is 0. The molecule has 3 heterocycles. The lowest BCUT2D eigenvalue weighted by Gasteiger charge is -2.14. The van der Waals surface area contributed by atoms with Crippen LogP contribution in [0.3, 0.4) is 0 Å². The predicted octanol–water partition coefficient (Wildman–Crippen LogP) is 11.2. The third kappa shape index (κ3) is 3.85. The summed E-state index contributed by atoms with van der Waals surface area (Å²) < 4.78 is 10.7. The zero-order valence-electron chi connectivity index (χ0n) is 26.1. The predicted molar refractivity (Wildman–Crippen MR) is 197 cm³/mol. The number of nitriles is 2. The van der Waals surface area contributed by atoms with Gasteiger partial charge in [-0.25, -0.2) is 0 Å². The highest BCUT2D eigenvalue weighted by atomic mass is 16.3. The van der Waals surface area contributed by atoms with E-state index in [4.69, 9.17) is 4.42 Å². The second-order valence-electron chi connectivity index (χ2n) is 12.4. The molecule has 0 aliphatic rings. The molecule has 0 aliphatic heterocycles. The van der Waals surface area contributed by atoms with Gasteiger partial charge in [-0.15, -0.1) is 0 Å². The number of furan rings is 1. The number of fused-ring (bicyclic) bond motifs is 9. The summed E-state index contributed by atoms with van der Waals surface area (Å²) in [6.45, 7) is 0. The van der Waals surface area contributed by atoms with Crippen LogP contribution < -0.4 is 0 Å². The van der Waals surface area contributed by atoms with Crippen molar-refractivity contribution in [1.29, 1.82) is 10.5 Å². The summed E-state index contributed by atoms with van der Waals surface area (Å²) in [6, 6.07) is 54.1. The van der Waals surface area contributed by atoms with E-state index in [-0.39, 0.29) is 0 Å². The van der Waals surface area contributed by atoms with Gasteiger partial charge in [0.05, 0.1) is 45.3 Å². The van der Waals surface area contributed by atoms with Crippen LogP contribution in [-0.2, 0) is 0 Å². The number of aromatic nitrogens is 2. The maximum Gasteiger partial charge on any atom is 0.137 e. The Morgan fingerprint density at radius 1 is 0.388 bits per heavy atom. The molecule has 10 aromatic rings. The summed E-state index contributed by atoms with van der Waals surface area (Å²) >= 11 is 0. The molecule has 7 aromatic carbocycles. The fourth-order valence-corrected chi connectivity index (χ4v) is 7.66. The van der Waals surface area contributed by atoms with Gasteiger partial charge < -0.3 is 13.6 Å². The van der Waals surface area contributed by atoms with Crippen molar-refractivity contribution in [2.24, 2.45) is 0 Å². The smallest absolute Gasteiger partial charge is 0.137 e. The molecule has 0 fully saturated rings. The van der Waals surface area contributed by atoms with Gasteiger partial charge in [0, 0.05) is 60.9 Å². The van der Waals surface area contributed by atoms with Crippen molar-refractivity contribution in [2.75, 3.05) is 0 Å². The molecule has 0 atom stereocenters. The zero-order valence-corrected chi connectivity index (χ0v) is 26.1. The Kier molecular flexibility index (Phi) is 5.64. The van der Waals surface area contributed by atoms with Crippen molar-refractivity contribution in [3.63, 3.8) is 0 Å². The highest BCUT2D eigenvalue weighted by Gasteiger charge is 2.19. The van der Waals surface area contributed by atoms with Gasteiger partial charge in [-0.3, -0.25) is 0 Å². The van der Waals surface area contributed by atoms with Gasteiger partial charge in [0.2, 0.25) is 0 Å². The van der Waals surface area contributed by atoms with E-state index in [1.807, 2.05) is 72.8 Å². The van der Waals surface area contributed by atoms with E-state index in [1.165, 1.54) is 0 Å². The Morgan fingerprint density at radius 3 is 1.41 bits per heavy atom. The van der Waals surface area contributed by atoms with Crippen LogP contribution in [0.25, 0.3) is 88.1 Å². The molecule has 49 heavy (non-hydrogen) atoms. The number of hydrogen-bond acceptors (Lipinski definition) is 3. The summed E-state index contributed by atoms with van der Waals surface area (Å²) in [7, 11) is 0. The first kappa shape index (κ1) is 27.1. The van der Waals surface area contributed by atoms with Gasteiger partial charge in [0.25, 0.3) is 0 Å². The van der Waals surface area contributed by atoms with Crippen molar-refractivity contribution >= 4 is 65.6 Å². The van der Waals surface area contributed by atoms with E-state index in [2.05, 4.69) is 94.1 Å².